The first-order valence-electron chi connectivity index (χ1n) is 6.57. The molecule has 1 aliphatic rings. The van der Waals surface area contributed by atoms with Gasteiger partial charge in [0.1, 0.15) is 6.10 Å². The van der Waals surface area contributed by atoms with Gasteiger partial charge in [0.2, 0.25) is 0 Å². The van der Waals surface area contributed by atoms with E-state index in [1.54, 1.807) is 13.8 Å². The zero-order valence-corrected chi connectivity index (χ0v) is 12.0. The first-order valence-corrected chi connectivity index (χ1v) is 6.57. The molecule has 0 unspecified atom stereocenters. The summed E-state index contributed by atoms with van der Waals surface area (Å²) >= 11 is 0. The molecule has 5 heteroatoms. The molecule has 0 aromatic heterocycles. The van der Waals surface area contributed by atoms with Crippen molar-refractivity contribution in [2.24, 2.45) is 0 Å². The third-order valence-electron chi connectivity index (χ3n) is 3.07. The minimum absolute atomic E-state index is 0.307. The monoisotopic (exact) mass is 280 g/mol. The fourth-order valence-corrected chi connectivity index (χ4v) is 2.07. The van der Waals surface area contributed by atoms with Crippen LogP contribution in [0.4, 0.5) is 0 Å². The quantitative estimate of drug-likeness (QED) is 0.771. The van der Waals surface area contributed by atoms with Gasteiger partial charge in [0.25, 0.3) is 0 Å². The van der Waals surface area contributed by atoms with Crippen LogP contribution >= 0.6 is 0 Å². The van der Waals surface area contributed by atoms with E-state index < -0.39 is 24.0 Å². The molecule has 2 rings (SSSR count). The van der Waals surface area contributed by atoms with E-state index in [1.165, 1.54) is 7.11 Å². The number of ether oxygens (including phenoxy) is 4. The van der Waals surface area contributed by atoms with E-state index in [9.17, 15) is 4.79 Å². The predicted octanol–water partition coefficient (Wildman–Crippen LogP) is 1.90. The van der Waals surface area contributed by atoms with Crippen molar-refractivity contribution in [1.29, 1.82) is 0 Å². The summed E-state index contributed by atoms with van der Waals surface area (Å²) in [6, 6.07) is 9.64. The number of carbonyl (C=O) groups excluding carboxylic acids is 1. The SMILES string of the molecule is COC(=O)[C@@H](OCc1ccccc1)[C@H]1COC(C)(C)O1. The van der Waals surface area contributed by atoms with Crippen molar-refractivity contribution in [1.82, 2.24) is 0 Å². The number of hydrogen-bond donors (Lipinski definition) is 0. The number of carbonyl (C=O) groups is 1. The van der Waals surface area contributed by atoms with Crippen molar-refractivity contribution in [3.63, 3.8) is 0 Å². The molecule has 110 valence electrons. The van der Waals surface area contributed by atoms with Gasteiger partial charge >= 0.3 is 5.97 Å². The van der Waals surface area contributed by atoms with Crippen LogP contribution in [0.5, 0.6) is 0 Å². The van der Waals surface area contributed by atoms with Crippen molar-refractivity contribution in [3.05, 3.63) is 35.9 Å². The van der Waals surface area contributed by atoms with Crippen molar-refractivity contribution >= 4 is 5.97 Å². The summed E-state index contributed by atoms with van der Waals surface area (Å²) in [7, 11) is 1.34. The van der Waals surface area contributed by atoms with E-state index in [4.69, 9.17) is 18.9 Å². The molecule has 0 N–H and O–H groups in total. The standard InChI is InChI=1S/C15H20O5/c1-15(2)19-10-12(20-15)13(14(16)17-3)18-9-11-7-5-4-6-8-11/h4-8,12-13H,9-10H2,1-3H3/t12-,13+/m1/s1. The van der Waals surface area contributed by atoms with E-state index in [0.29, 0.717) is 13.2 Å². The lowest BCUT2D eigenvalue weighted by atomic mass is 10.2. The van der Waals surface area contributed by atoms with Gasteiger partial charge in [0.15, 0.2) is 11.9 Å². The minimum atomic E-state index is -0.790. The van der Waals surface area contributed by atoms with Gasteiger partial charge in [-0.15, -0.1) is 0 Å². The summed E-state index contributed by atoms with van der Waals surface area (Å²) < 4.78 is 21.6. The summed E-state index contributed by atoms with van der Waals surface area (Å²) in [5, 5.41) is 0. The van der Waals surface area contributed by atoms with Gasteiger partial charge < -0.3 is 18.9 Å². The zero-order chi connectivity index (χ0) is 14.6. The lowest BCUT2D eigenvalue weighted by molar-refractivity contribution is -0.178. The Hall–Kier alpha value is -1.43. The molecule has 1 saturated heterocycles. The molecule has 1 heterocycles. The number of benzene rings is 1. The van der Waals surface area contributed by atoms with Crippen LogP contribution in [0.3, 0.4) is 0 Å². The Morgan fingerprint density at radius 3 is 2.65 bits per heavy atom. The van der Waals surface area contributed by atoms with Crippen LogP contribution in [0.2, 0.25) is 0 Å². The largest absolute Gasteiger partial charge is 0.467 e. The van der Waals surface area contributed by atoms with Gasteiger partial charge in [0.05, 0.1) is 20.3 Å². The van der Waals surface area contributed by atoms with Crippen molar-refractivity contribution in [2.45, 2.75) is 38.4 Å². The maximum atomic E-state index is 11.8. The Balaban J connectivity index is 2.00. The van der Waals surface area contributed by atoms with E-state index >= 15 is 0 Å². The van der Waals surface area contributed by atoms with Gasteiger partial charge in [-0.3, -0.25) is 0 Å². The molecule has 0 amide bonds. The fourth-order valence-electron chi connectivity index (χ4n) is 2.07. The van der Waals surface area contributed by atoms with E-state index in [1.807, 2.05) is 30.3 Å². The zero-order valence-electron chi connectivity index (χ0n) is 12.0. The molecular formula is C15H20O5. The average molecular weight is 280 g/mol. The first kappa shape index (κ1) is 15.0. The van der Waals surface area contributed by atoms with Crippen molar-refractivity contribution in [2.75, 3.05) is 13.7 Å². The van der Waals surface area contributed by atoms with Crippen LogP contribution in [-0.2, 0) is 30.3 Å². The smallest absolute Gasteiger partial charge is 0.337 e. The molecular weight excluding hydrogens is 260 g/mol. The molecule has 0 saturated carbocycles. The van der Waals surface area contributed by atoms with Gasteiger partial charge in [0, 0.05) is 0 Å². The second kappa shape index (κ2) is 6.35. The highest BCUT2D eigenvalue weighted by Gasteiger charge is 2.41. The van der Waals surface area contributed by atoms with Crippen LogP contribution in [0.25, 0.3) is 0 Å². The highest BCUT2D eigenvalue weighted by molar-refractivity contribution is 5.75. The van der Waals surface area contributed by atoms with Crippen LogP contribution in [0, 0.1) is 0 Å². The second-order valence-electron chi connectivity index (χ2n) is 5.11. The summed E-state index contributed by atoms with van der Waals surface area (Å²) in [5.74, 6) is -1.15. The van der Waals surface area contributed by atoms with Crippen LogP contribution in [-0.4, -0.2) is 37.7 Å². The van der Waals surface area contributed by atoms with Crippen LogP contribution in [0.15, 0.2) is 30.3 Å². The summed E-state index contributed by atoms with van der Waals surface area (Å²) in [5.41, 5.74) is 0.986. The molecule has 20 heavy (non-hydrogen) atoms. The van der Waals surface area contributed by atoms with Gasteiger partial charge in [-0.2, -0.15) is 0 Å². The van der Waals surface area contributed by atoms with E-state index in [2.05, 4.69) is 0 Å². The molecule has 0 bridgehead atoms. The van der Waals surface area contributed by atoms with Gasteiger partial charge in [-0.1, -0.05) is 30.3 Å². The molecule has 0 radical (unpaired) electrons. The van der Waals surface area contributed by atoms with Crippen LogP contribution < -0.4 is 0 Å². The highest BCUT2D eigenvalue weighted by Crippen LogP contribution is 2.26. The highest BCUT2D eigenvalue weighted by atomic mass is 16.8. The lowest BCUT2D eigenvalue weighted by Gasteiger charge is -2.22. The molecule has 1 aliphatic heterocycles. The van der Waals surface area contributed by atoms with Crippen LogP contribution in [0.1, 0.15) is 19.4 Å². The maximum absolute atomic E-state index is 11.8. The van der Waals surface area contributed by atoms with Gasteiger partial charge in [-0.05, 0) is 19.4 Å². The molecule has 1 aromatic rings. The minimum Gasteiger partial charge on any atom is -0.467 e. The Morgan fingerprint density at radius 2 is 2.10 bits per heavy atom. The number of esters is 1. The molecule has 1 aromatic carbocycles. The summed E-state index contributed by atoms with van der Waals surface area (Å²) in [4.78, 5) is 11.8. The average Bonchev–Trinajstić information content (AvgIpc) is 2.80. The Morgan fingerprint density at radius 1 is 1.40 bits per heavy atom. The van der Waals surface area contributed by atoms with Gasteiger partial charge in [-0.25, -0.2) is 4.79 Å². The van der Waals surface area contributed by atoms with Crippen molar-refractivity contribution in [3.8, 4) is 0 Å². The first-order chi connectivity index (χ1) is 9.52. The summed E-state index contributed by atoms with van der Waals surface area (Å²) in [6.07, 6.45) is -1.25. The molecule has 5 nitrogen and oxygen atoms in total. The number of methoxy groups -OCH3 is 1. The Kier molecular flexibility index (Phi) is 4.75. The maximum Gasteiger partial charge on any atom is 0.337 e. The third-order valence-corrected chi connectivity index (χ3v) is 3.07. The molecule has 1 fully saturated rings. The lowest BCUT2D eigenvalue weighted by Crippen LogP contribution is -2.40. The third kappa shape index (κ3) is 3.79. The predicted molar refractivity (Wildman–Crippen MR) is 71.9 cm³/mol. The molecule has 0 aliphatic carbocycles. The van der Waals surface area contributed by atoms with E-state index in [-0.39, 0.29) is 0 Å². The van der Waals surface area contributed by atoms with Crippen molar-refractivity contribution < 1.29 is 23.7 Å². The normalized spacial score (nSPS) is 22.4. The number of rotatable bonds is 5. The molecule has 0 spiro atoms. The molecule has 2 atom stereocenters. The Bertz CT molecular complexity index is 443. The fraction of sp³-hybridized carbons (Fsp3) is 0.533. The second-order valence-corrected chi connectivity index (χ2v) is 5.11. The van der Waals surface area contributed by atoms with E-state index in [0.717, 1.165) is 5.56 Å². The summed E-state index contributed by atoms with van der Waals surface area (Å²) in [6.45, 7) is 4.24. The number of hydrogen-bond acceptors (Lipinski definition) is 5. The topological polar surface area (TPSA) is 54.0 Å². The Labute approximate surface area is 118 Å².